The van der Waals surface area contributed by atoms with Gasteiger partial charge < -0.3 is 19.7 Å². The number of pyridine rings is 1. The molecule has 0 unspecified atom stereocenters. The van der Waals surface area contributed by atoms with Crippen molar-refractivity contribution in [1.29, 1.82) is 5.41 Å². The highest BCUT2D eigenvalue weighted by Gasteiger charge is 2.25. The summed E-state index contributed by atoms with van der Waals surface area (Å²) in [5, 5.41) is 18.2. The Kier molecular flexibility index (Phi) is 8.08. The Morgan fingerprint density at radius 3 is 2.73 bits per heavy atom. The molecule has 1 aromatic carbocycles. The molecule has 174 valence electrons. The van der Waals surface area contributed by atoms with Gasteiger partial charge in [-0.25, -0.2) is 0 Å². The van der Waals surface area contributed by atoms with Gasteiger partial charge in [0.15, 0.2) is 0 Å². The quantitative estimate of drug-likeness (QED) is 0.361. The van der Waals surface area contributed by atoms with Crippen LogP contribution in [-0.2, 0) is 0 Å². The SMILES string of the molecule is CC.COc1cc(N(C=N)C(=O)c2cc(-c3ccc(Cl)cn3)c[nH]2)ccc1N1CC[C@@H](O)C1. The van der Waals surface area contributed by atoms with Crippen molar-refractivity contribution in [3.8, 4) is 17.0 Å². The van der Waals surface area contributed by atoms with Crippen LogP contribution in [-0.4, -0.2) is 53.6 Å². The number of methoxy groups -OCH3 is 1. The summed E-state index contributed by atoms with van der Waals surface area (Å²) >= 11 is 5.89. The molecule has 1 aliphatic rings. The third-order valence-electron chi connectivity index (χ3n) is 5.23. The molecule has 1 amide bonds. The van der Waals surface area contributed by atoms with Crippen LogP contribution in [0.4, 0.5) is 11.4 Å². The number of aromatic amines is 1. The summed E-state index contributed by atoms with van der Waals surface area (Å²) in [5.41, 5.74) is 3.09. The lowest BCUT2D eigenvalue weighted by Gasteiger charge is -2.23. The molecule has 1 fully saturated rings. The number of carbonyl (C=O) groups excluding carboxylic acids is 1. The van der Waals surface area contributed by atoms with Gasteiger partial charge in [0, 0.05) is 37.1 Å². The fraction of sp³-hybridized carbons (Fsp3) is 0.292. The van der Waals surface area contributed by atoms with Crippen molar-refractivity contribution in [2.45, 2.75) is 26.4 Å². The summed E-state index contributed by atoms with van der Waals surface area (Å²) in [7, 11) is 1.56. The van der Waals surface area contributed by atoms with Gasteiger partial charge in [-0.2, -0.15) is 0 Å². The van der Waals surface area contributed by atoms with Crippen LogP contribution >= 0.6 is 11.6 Å². The molecule has 8 nitrogen and oxygen atoms in total. The number of halogens is 1. The largest absolute Gasteiger partial charge is 0.495 e. The van der Waals surface area contributed by atoms with E-state index in [2.05, 4.69) is 9.97 Å². The van der Waals surface area contributed by atoms with Crippen molar-refractivity contribution in [1.82, 2.24) is 9.97 Å². The van der Waals surface area contributed by atoms with E-state index in [0.717, 1.165) is 24.1 Å². The second-order valence-corrected chi connectivity index (χ2v) is 7.65. The maximum atomic E-state index is 13.1. The lowest BCUT2D eigenvalue weighted by atomic mass is 10.2. The van der Waals surface area contributed by atoms with E-state index in [4.69, 9.17) is 21.7 Å². The van der Waals surface area contributed by atoms with Crippen molar-refractivity contribution in [2.24, 2.45) is 0 Å². The first-order chi connectivity index (χ1) is 16.0. The van der Waals surface area contributed by atoms with E-state index in [-0.39, 0.29) is 12.0 Å². The van der Waals surface area contributed by atoms with Gasteiger partial charge in [0.05, 0.1) is 41.6 Å². The molecule has 0 bridgehead atoms. The van der Waals surface area contributed by atoms with Gasteiger partial charge in [-0.15, -0.1) is 0 Å². The lowest BCUT2D eigenvalue weighted by Crippen LogP contribution is -2.29. The second kappa shape index (κ2) is 11.0. The molecule has 4 rings (SSSR count). The molecule has 3 heterocycles. The molecule has 0 radical (unpaired) electrons. The van der Waals surface area contributed by atoms with E-state index < -0.39 is 0 Å². The van der Waals surface area contributed by atoms with Gasteiger partial charge in [-0.05, 0) is 36.8 Å². The minimum atomic E-state index is -0.387. The zero-order chi connectivity index (χ0) is 24.0. The predicted molar refractivity (Wildman–Crippen MR) is 132 cm³/mol. The molecule has 33 heavy (non-hydrogen) atoms. The van der Waals surface area contributed by atoms with E-state index in [1.807, 2.05) is 24.8 Å². The Morgan fingerprint density at radius 2 is 2.12 bits per heavy atom. The van der Waals surface area contributed by atoms with Crippen LogP contribution in [0.3, 0.4) is 0 Å². The number of H-pyrrole nitrogens is 1. The average molecular weight is 470 g/mol. The third kappa shape index (κ3) is 5.35. The van der Waals surface area contributed by atoms with Crippen molar-refractivity contribution in [3.63, 3.8) is 0 Å². The summed E-state index contributed by atoms with van der Waals surface area (Å²) in [6.07, 6.45) is 4.54. The van der Waals surface area contributed by atoms with E-state index in [1.54, 1.807) is 49.8 Å². The van der Waals surface area contributed by atoms with E-state index >= 15 is 0 Å². The highest BCUT2D eigenvalue weighted by Crippen LogP contribution is 2.35. The number of hydrogen-bond acceptors (Lipinski definition) is 6. The minimum absolute atomic E-state index is 0.320. The number of ether oxygens (including phenoxy) is 1. The first kappa shape index (κ1) is 24.3. The monoisotopic (exact) mass is 469 g/mol. The van der Waals surface area contributed by atoms with Gasteiger partial charge in [0.25, 0.3) is 5.91 Å². The molecule has 3 aromatic rings. The molecule has 1 saturated heterocycles. The van der Waals surface area contributed by atoms with Crippen molar-refractivity contribution >= 4 is 35.2 Å². The number of aliphatic hydroxyl groups excluding tert-OH is 1. The Balaban J connectivity index is 0.00000149. The van der Waals surface area contributed by atoms with Crippen LogP contribution in [0.5, 0.6) is 5.75 Å². The number of β-amino-alcohol motifs (C(OH)–C–C–N with tert-alkyl or cyclic N) is 1. The fourth-order valence-corrected chi connectivity index (χ4v) is 3.74. The van der Waals surface area contributed by atoms with Crippen molar-refractivity contribution < 1.29 is 14.6 Å². The highest BCUT2D eigenvalue weighted by atomic mass is 35.5. The molecule has 0 aliphatic carbocycles. The summed E-state index contributed by atoms with van der Waals surface area (Å²) in [4.78, 5) is 23.6. The average Bonchev–Trinajstić information content (AvgIpc) is 3.51. The molecule has 9 heteroatoms. The maximum absolute atomic E-state index is 13.1. The number of nitrogens with one attached hydrogen (secondary N) is 2. The number of amides is 1. The molecule has 2 aromatic heterocycles. The van der Waals surface area contributed by atoms with E-state index in [9.17, 15) is 9.90 Å². The number of rotatable bonds is 6. The first-order valence-electron chi connectivity index (χ1n) is 10.8. The van der Waals surface area contributed by atoms with Gasteiger partial charge in [-0.3, -0.25) is 20.1 Å². The molecular weight excluding hydrogens is 442 g/mol. The van der Waals surface area contributed by atoms with Gasteiger partial charge in [0.1, 0.15) is 11.4 Å². The Labute approximate surface area is 198 Å². The topological polar surface area (TPSA) is 106 Å². The maximum Gasteiger partial charge on any atom is 0.279 e. The van der Waals surface area contributed by atoms with Crippen LogP contribution in [0.25, 0.3) is 11.3 Å². The highest BCUT2D eigenvalue weighted by molar-refractivity contribution is 6.30. The van der Waals surface area contributed by atoms with Crippen LogP contribution in [0, 0.1) is 5.41 Å². The van der Waals surface area contributed by atoms with Crippen LogP contribution < -0.4 is 14.5 Å². The predicted octanol–water partition coefficient (Wildman–Crippen LogP) is 4.59. The number of nitrogens with zero attached hydrogens (tertiary/aromatic N) is 3. The molecule has 0 saturated carbocycles. The second-order valence-electron chi connectivity index (χ2n) is 7.21. The van der Waals surface area contributed by atoms with Crippen molar-refractivity contribution in [3.05, 3.63) is 59.5 Å². The zero-order valence-electron chi connectivity index (χ0n) is 18.9. The molecular formula is C24H28ClN5O3. The number of aliphatic hydroxyl groups is 1. The van der Waals surface area contributed by atoms with E-state index in [1.165, 1.54) is 4.90 Å². The van der Waals surface area contributed by atoms with Gasteiger partial charge >= 0.3 is 0 Å². The summed E-state index contributed by atoms with van der Waals surface area (Å²) in [5.74, 6) is 0.186. The summed E-state index contributed by atoms with van der Waals surface area (Å²) < 4.78 is 5.52. The molecule has 3 N–H and O–H groups in total. The number of hydrogen-bond donors (Lipinski definition) is 3. The van der Waals surface area contributed by atoms with Gasteiger partial charge in [-0.1, -0.05) is 25.4 Å². The number of carbonyl (C=O) groups is 1. The summed E-state index contributed by atoms with van der Waals surface area (Å²) in [6.45, 7) is 5.26. The third-order valence-corrected chi connectivity index (χ3v) is 5.45. The zero-order valence-corrected chi connectivity index (χ0v) is 19.6. The van der Waals surface area contributed by atoms with Crippen molar-refractivity contribution in [2.75, 3.05) is 30.0 Å². The number of aromatic nitrogens is 2. The molecule has 1 atom stereocenters. The Morgan fingerprint density at radius 1 is 1.33 bits per heavy atom. The minimum Gasteiger partial charge on any atom is -0.495 e. The standard InChI is InChI=1S/C22H22ClN5O3.C2H6/c1-31-21-9-16(3-5-20(21)27-7-6-17(29)12-27)28(13-24)22(30)19-8-14(10-25-19)18-4-2-15(23)11-26-18;1-2/h2-5,8-11,13,17,24-25,29H,6-7,12H2,1H3;1-2H3/t17-;/m1./s1. The van der Waals surface area contributed by atoms with E-state index in [0.29, 0.717) is 40.8 Å². The van der Waals surface area contributed by atoms with Crippen LogP contribution in [0.15, 0.2) is 48.8 Å². The summed E-state index contributed by atoms with van der Waals surface area (Å²) in [6, 6.07) is 10.5. The molecule has 1 aliphatic heterocycles. The Bertz CT molecular complexity index is 1100. The smallest absolute Gasteiger partial charge is 0.279 e. The van der Waals surface area contributed by atoms with Gasteiger partial charge in [0.2, 0.25) is 0 Å². The fourth-order valence-electron chi connectivity index (χ4n) is 3.63. The normalized spacial score (nSPS) is 14.9. The lowest BCUT2D eigenvalue weighted by molar-refractivity contribution is 0.0999. The molecule has 0 spiro atoms. The first-order valence-corrected chi connectivity index (χ1v) is 11.1. The number of anilines is 2. The number of benzene rings is 1. The van der Waals surface area contributed by atoms with Crippen LogP contribution in [0.2, 0.25) is 5.02 Å². The Hall–Kier alpha value is -3.36. The van der Waals surface area contributed by atoms with Crippen LogP contribution in [0.1, 0.15) is 30.8 Å².